The first kappa shape index (κ1) is 42.4. The number of ether oxygens (including phenoxy) is 3. The molecule has 3 atom stereocenters. The van der Waals surface area contributed by atoms with Crippen molar-refractivity contribution in [1.82, 2.24) is 0 Å². The van der Waals surface area contributed by atoms with E-state index in [9.17, 15) is 4.79 Å². The Balaban J connectivity index is 4.84. The summed E-state index contributed by atoms with van der Waals surface area (Å²) >= 11 is 0. The molecule has 0 bridgehead atoms. The quantitative estimate of drug-likeness (QED) is 0.0624. The Bertz CT molecular complexity index is 687. The van der Waals surface area contributed by atoms with Gasteiger partial charge in [-0.05, 0) is 71.6 Å². The van der Waals surface area contributed by atoms with E-state index in [-0.39, 0.29) is 33.9 Å². The Kier molecular flexibility index (Phi) is 22.5. The van der Waals surface area contributed by atoms with E-state index in [2.05, 4.69) is 69.2 Å². The van der Waals surface area contributed by atoms with Gasteiger partial charge < -0.3 is 14.2 Å². The summed E-state index contributed by atoms with van der Waals surface area (Å²) in [5.41, 5.74) is -0.328. The molecule has 0 amide bonds. The molecule has 43 heavy (non-hydrogen) atoms. The molecule has 258 valence electrons. The predicted molar refractivity (Wildman–Crippen MR) is 187 cm³/mol. The molecule has 0 aliphatic rings. The first-order valence-corrected chi connectivity index (χ1v) is 18.6. The van der Waals surface area contributed by atoms with E-state index in [4.69, 9.17) is 14.2 Å². The molecule has 0 rings (SSSR count). The topological polar surface area (TPSA) is 44.8 Å². The van der Waals surface area contributed by atoms with Crippen LogP contribution in [0.3, 0.4) is 0 Å². The summed E-state index contributed by atoms with van der Waals surface area (Å²) in [5.74, 6) is 0.101. The van der Waals surface area contributed by atoms with Crippen molar-refractivity contribution >= 4 is 5.97 Å². The number of hydrogen-bond acceptors (Lipinski definition) is 4. The maximum atomic E-state index is 13.4. The Morgan fingerprint density at radius 1 is 0.605 bits per heavy atom. The van der Waals surface area contributed by atoms with Crippen LogP contribution in [0.1, 0.15) is 198 Å². The van der Waals surface area contributed by atoms with Crippen molar-refractivity contribution in [2.75, 3.05) is 20.3 Å². The number of carbonyl (C=O) groups is 1. The second-order valence-corrected chi connectivity index (χ2v) is 15.8. The Hall–Kier alpha value is -0.610. The summed E-state index contributed by atoms with van der Waals surface area (Å²) in [6.07, 6.45) is 23.9. The SMILES string of the molecule is CCCCCCCCCCCCCC(CCCC)C(=O)OC[C@](C)(CC)C[C@](C)(CC)CC(C)(C)OCCC(C)(C)OC. The van der Waals surface area contributed by atoms with E-state index in [0.717, 1.165) is 64.2 Å². The fourth-order valence-corrected chi connectivity index (χ4v) is 6.62. The van der Waals surface area contributed by atoms with Crippen molar-refractivity contribution in [3.8, 4) is 0 Å². The molecular weight excluding hydrogens is 532 g/mol. The highest BCUT2D eigenvalue weighted by Gasteiger charge is 2.39. The minimum Gasteiger partial charge on any atom is -0.465 e. The minimum atomic E-state index is -0.222. The van der Waals surface area contributed by atoms with Crippen LogP contribution in [-0.4, -0.2) is 37.5 Å². The number of carbonyl (C=O) groups excluding carboxylic acids is 1. The van der Waals surface area contributed by atoms with Crippen molar-refractivity contribution < 1.29 is 19.0 Å². The molecule has 0 saturated carbocycles. The van der Waals surface area contributed by atoms with Crippen LogP contribution < -0.4 is 0 Å². The Morgan fingerprint density at radius 3 is 1.58 bits per heavy atom. The summed E-state index contributed by atoms with van der Waals surface area (Å²) in [7, 11) is 1.77. The van der Waals surface area contributed by atoms with Crippen LogP contribution in [-0.2, 0) is 19.0 Å². The number of unbranched alkanes of at least 4 members (excludes halogenated alkanes) is 11. The number of rotatable bonds is 29. The third kappa shape index (κ3) is 20.9. The van der Waals surface area contributed by atoms with Gasteiger partial charge in [-0.3, -0.25) is 4.79 Å². The molecule has 0 radical (unpaired) electrons. The number of methoxy groups -OCH3 is 1. The van der Waals surface area contributed by atoms with Gasteiger partial charge in [-0.2, -0.15) is 0 Å². The molecule has 0 aromatic carbocycles. The molecule has 0 spiro atoms. The lowest BCUT2D eigenvalue weighted by Crippen LogP contribution is -2.39. The molecule has 4 heteroatoms. The van der Waals surface area contributed by atoms with E-state index in [0.29, 0.717) is 13.2 Å². The van der Waals surface area contributed by atoms with Crippen LogP contribution in [0.5, 0.6) is 0 Å². The maximum absolute atomic E-state index is 13.4. The van der Waals surface area contributed by atoms with Crippen LogP contribution in [0.2, 0.25) is 0 Å². The summed E-state index contributed by atoms with van der Waals surface area (Å²) in [5, 5.41) is 0. The second-order valence-electron chi connectivity index (χ2n) is 15.8. The molecule has 0 heterocycles. The Morgan fingerprint density at radius 2 is 1.09 bits per heavy atom. The standard InChI is InChI=1S/C39H78O4/c1-12-16-18-19-20-21-22-23-24-25-26-28-34(27-17-13-2)35(40)42-33-39(10,15-4)32-38(9,14-3)31-37(7,8)43-30-29-36(5,6)41-11/h34H,12-33H2,1-11H3/t34?,38-,39-/m1/s1. The summed E-state index contributed by atoms with van der Waals surface area (Å²) in [4.78, 5) is 13.4. The van der Waals surface area contributed by atoms with Crippen molar-refractivity contribution in [3.63, 3.8) is 0 Å². The van der Waals surface area contributed by atoms with E-state index in [1.165, 1.54) is 64.2 Å². The van der Waals surface area contributed by atoms with Crippen molar-refractivity contribution in [1.29, 1.82) is 0 Å². The predicted octanol–water partition coefficient (Wildman–Crippen LogP) is 12.3. The lowest BCUT2D eigenvalue weighted by Gasteiger charge is -2.43. The minimum absolute atomic E-state index is 0.0413. The van der Waals surface area contributed by atoms with Gasteiger partial charge in [0.15, 0.2) is 0 Å². The average Bonchev–Trinajstić information content (AvgIpc) is 2.95. The molecule has 0 saturated heterocycles. The first-order chi connectivity index (χ1) is 20.2. The van der Waals surface area contributed by atoms with E-state index >= 15 is 0 Å². The largest absolute Gasteiger partial charge is 0.465 e. The third-order valence-electron chi connectivity index (χ3n) is 10.1. The van der Waals surface area contributed by atoms with Gasteiger partial charge in [0.2, 0.25) is 0 Å². The highest BCUT2D eigenvalue weighted by molar-refractivity contribution is 5.72. The van der Waals surface area contributed by atoms with E-state index in [1.807, 2.05) is 0 Å². The van der Waals surface area contributed by atoms with Gasteiger partial charge >= 0.3 is 5.97 Å². The number of hydrogen-bond donors (Lipinski definition) is 0. The maximum Gasteiger partial charge on any atom is 0.308 e. The molecule has 0 aliphatic carbocycles. The normalized spacial score (nSPS) is 16.1. The van der Waals surface area contributed by atoms with Crippen LogP contribution in [0, 0.1) is 16.7 Å². The van der Waals surface area contributed by atoms with Gasteiger partial charge in [0.05, 0.1) is 30.3 Å². The van der Waals surface area contributed by atoms with Crippen molar-refractivity contribution in [2.45, 2.75) is 209 Å². The zero-order valence-corrected chi connectivity index (χ0v) is 31.3. The lowest BCUT2D eigenvalue weighted by atomic mass is 9.66. The average molecular weight is 611 g/mol. The fraction of sp³-hybridized carbons (Fsp3) is 0.974. The summed E-state index contributed by atoms with van der Waals surface area (Å²) in [6, 6.07) is 0. The number of esters is 1. The molecule has 0 aromatic rings. The highest BCUT2D eigenvalue weighted by Crippen LogP contribution is 2.45. The van der Waals surface area contributed by atoms with Gasteiger partial charge in [0, 0.05) is 12.5 Å². The van der Waals surface area contributed by atoms with Crippen LogP contribution in [0.4, 0.5) is 0 Å². The first-order valence-electron chi connectivity index (χ1n) is 18.6. The van der Waals surface area contributed by atoms with Gasteiger partial charge in [0.25, 0.3) is 0 Å². The van der Waals surface area contributed by atoms with Crippen LogP contribution in [0.15, 0.2) is 0 Å². The molecular formula is C39H78O4. The molecule has 0 aromatic heterocycles. The summed E-state index contributed by atoms with van der Waals surface area (Å²) < 4.78 is 18.1. The molecule has 1 unspecified atom stereocenters. The highest BCUT2D eigenvalue weighted by atomic mass is 16.5. The fourth-order valence-electron chi connectivity index (χ4n) is 6.62. The van der Waals surface area contributed by atoms with E-state index < -0.39 is 0 Å². The van der Waals surface area contributed by atoms with Crippen molar-refractivity contribution in [2.24, 2.45) is 16.7 Å². The lowest BCUT2D eigenvalue weighted by molar-refractivity contribution is -0.154. The van der Waals surface area contributed by atoms with Gasteiger partial charge in [-0.15, -0.1) is 0 Å². The molecule has 0 aliphatic heterocycles. The smallest absolute Gasteiger partial charge is 0.308 e. The van der Waals surface area contributed by atoms with Gasteiger partial charge in [-0.1, -0.05) is 131 Å². The molecule has 0 fully saturated rings. The van der Waals surface area contributed by atoms with Crippen LogP contribution in [0.25, 0.3) is 0 Å². The summed E-state index contributed by atoms with van der Waals surface area (Å²) in [6.45, 7) is 23.6. The monoisotopic (exact) mass is 611 g/mol. The van der Waals surface area contributed by atoms with Gasteiger partial charge in [0.1, 0.15) is 0 Å². The van der Waals surface area contributed by atoms with E-state index in [1.54, 1.807) is 7.11 Å². The van der Waals surface area contributed by atoms with Crippen LogP contribution >= 0.6 is 0 Å². The zero-order chi connectivity index (χ0) is 32.8. The van der Waals surface area contributed by atoms with Crippen molar-refractivity contribution in [3.05, 3.63) is 0 Å². The van der Waals surface area contributed by atoms with Gasteiger partial charge in [-0.25, -0.2) is 0 Å². The molecule has 0 N–H and O–H groups in total. The molecule has 4 nitrogen and oxygen atoms in total. The third-order valence-corrected chi connectivity index (χ3v) is 10.1. The Labute approximate surface area is 270 Å². The second kappa shape index (κ2) is 22.8. The zero-order valence-electron chi connectivity index (χ0n) is 31.3.